The lowest BCUT2D eigenvalue weighted by Crippen LogP contribution is -2.52. The molecular formula is C11H17N5O5. The van der Waals surface area contributed by atoms with Gasteiger partial charge in [0.25, 0.3) is 5.91 Å². The number of amides is 4. The van der Waals surface area contributed by atoms with Crippen LogP contribution in [0.4, 0.5) is 4.79 Å². The standard InChI is InChI=1S/C11H17N5O5/c1-13-11-4-3-7(9(18)14-21-5-8(12)17)15(6-11)10(19)16(11)20-2/h7H,1,3-6H2,2H3,(H2,12,17)(H,14,18)/t7-,11+/m0/s1. The van der Waals surface area contributed by atoms with Gasteiger partial charge in [0, 0.05) is 0 Å². The molecule has 2 aliphatic heterocycles. The highest BCUT2D eigenvalue weighted by molar-refractivity contribution is 5.88. The fourth-order valence-electron chi connectivity index (χ4n) is 2.61. The summed E-state index contributed by atoms with van der Waals surface area (Å²) < 4.78 is 0. The van der Waals surface area contributed by atoms with Crippen molar-refractivity contribution >= 4 is 24.6 Å². The van der Waals surface area contributed by atoms with Crippen LogP contribution in [0.5, 0.6) is 0 Å². The minimum Gasteiger partial charge on any atom is -0.368 e. The van der Waals surface area contributed by atoms with Crippen LogP contribution >= 0.6 is 0 Å². The normalized spacial score (nSPS) is 27.7. The van der Waals surface area contributed by atoms with E-state index in [1.165, 1.54) is 12.0 Å². The van der Waals surface area contributed by atoms with Crippen molar-refractivity contribution in [1.82, 2.24) is 15.4 Å². The molecule has 3 N–H and O–H groups in total. The van der Waals surface area contributed by atoms with Crippen LogP contribution in [0.15, 0.2) is 4.99 Å². The molecule has 0 aromatic heterocycles. The average molecular weight is 299 g/mol. The van der Waals surface area contributed by atoms with Crippen LogP contribution in [0.25, 0.3) is 0 Å². The van der Waals surface area contributed by atoms with E-state index in [4.69, 9.17) is 10.6 Å². The summed E-state index contributed by atoms with van der Waals surface area (Å²) in [5, 5.41) is 1.12. The van der Waals surface area contributed by atoms with Gasteiger partial charge in [0.1, 0.15) is 6.04 Å². The number of piperidine rings is 1. The van der Waals surface area contributed by atoms with Crippen LogP contribution in [0.3, 0.4) is 0 Å². The minimum atomic E-state index is -0.864. The van der Waals surface area contributed by atoms with Gasteiger partial charge in [-0.2, -0.15) is 5.06 Å². The molecule has 2 atom stereocenters. The number of nitrogens with two attached hydrogens (primary N) is 1. The van der Waals surface area contributed by atoms with Crippen LogP contribution in [-0.2, 0) is 19.3 Å². The number of hydrogen-bond donors (Lipinski definition) is 2. The number of urea groups is 1. The Bertz CT molecular complexity index is 484. The highest BCUT2D eigenvalue weighted by Gasteiger charge is 2.57. The monoisotopic (exact) mass is 299 g/mol. The molecule has 116 valence electrons. The summed E-state index contributed by atoms with van der Waals surface area (Å²) in [6.07, 6.45) is 0.802. The topological polar surface area (TPSA) is 127 Å². The second-order valence-electron chi connectivity index (χ2n) is 4.80. The van der Waals surface area contributed by atoms with Gasteiger partial charge in [-0.1, -0.05) is 0 Å². The van der Waals surface area contributed by atoms with Gasteiger partial charge >= 0.3 is 6.03 Å². The third-order valence-corrected chi connectivity index (χ3v) is 3.58. The lowest BCUT2D eigenvalue weighted by atomic mass is 9.95. The summed E-state index contributed by atoms with van der Waals surface area (Å²) in [4.78, 5) is 49.8. The lowest BCUT2D eigenvalue weighted by molar-refractivity contribution is -0.144. The third-order valence-electron chi connectivity index (χ3n) is 3.58. The molecule has 2 bridgehead atoms. The maximum absolute atomic E-state index is 12.2. The largest absolute Gasteiger partial charge is 0.368 e. The summed E-state index contributed by atoms with van der Waals surface area (Å²) >= 11 is 0. The van der Waals surface area contributed by atoms with Gasteiger partial charge < -0.3 is 10.6 Å². The molecule has 21 heavy (non-hydrogen) atoms. The quantitative estimate of drug-likeness (QED) is 0.450. The van der Waals surface area contributed by atoms with Gasteiger partial charge in [-0.05, 0) is 19.6 Å². The first-order chi connectivity index (χ1) is 9.95. The van der Waals surface area contributed by atoms with E-state index in [2.05, 4.69) is 22.0 Å². The van der Waals surface area contributed by atoms with Crippen molar-refractivity contribution in [3.63, 3.8) is 0 Å². The first-order valence-corrected chi connectivity index (χ1v) is 6.28. The van der Waals surface area contributed by atoms with Crippen molar-refractivity contribution in [3.05, 3.63) is 0 Å². The molecule has 2 rings (SSSR count). The van der Waals surface area contributed by atoms with Gasteiger partial charge in [-0.3, -0.25) is 24.3 Å². The number of nitrogens with zero attached hydrogens (tertiary/aromatic N) is 3. The summed E-state index contributed by atoms with van der Waals surface area (Å²) in [6, 6.07) is -1.18. The number of nitrogens with one attached hydrogen (secondary N) is 1. The molecule has 2 heterocycles. The van der Waals surface area contributed by atoms with E-state index >= 15 is 0 Å². The molecular weight excluding hydrogens is 282 g/mol. The number of hydrogen-bond acceptors (Lipinski definition) is 6. The second-order valence-corrected chi connectivity index (χ2v) is 4.80. The Hall–Kier alpha value is -2.20. The summed E-state index contributed by atoms with van der Waals surface area (Å²) in [6.45, 7) is 3.27. The Labute approximate surface area is 120 Å². The van der Waals surface area contributed by atoms with Crippen LogP contribution in [0.1, 0.15) is 12.8 Å². The Balaban J connectivity index is 2.05. The van der Waals surface area contributed by atoms with Gasteiger partial charge in [0.05, 0.1) is 13.7 Å². The van der Waals surface area contributed by atoms with E-state index in [1.54, 1.807) is 0 Å². The zero-order chi connectivity index (χ0) is 15.6. The summed E-state index contributed by atoms with van der Waals surface area (Å²) in [5.74, 6) is -1.24. The van der Waals surface area contributed by atoms with E-state index < -0.39 is 36.2 Å². The maximum atomic E-state index is 12.2. The molecule has 0 radical (unpaired) electrons. The molecule has 10 heteroatoms. The third kappa shape index (κ3) is 2.54. The first-order valence-electron chi connectivity index (χ1n) is 6.28. The van der Waals surface area contributed by atoms with Crippen molar-refractivity contribution in [1.29, 1.82) is 0 Å². The molecule has 0 aromatic carbocycles. The number of fused-ring (bicyclic) bond motifs is 2. The van der Waals surface area contributed by atoms with E-state index in [-0.39, 0.29) is 6.54 Å². The molecule has 10 nitrogen and oxygen atoms in total. The van der Waals surface area contributed by atoms with Gasteiger partial charge in [0.15, 0.2) is 12.3 Å². The average Bonchev–Trinajstić information content (AvgIpc) is 2.67. The number of carbonyl (C=O) groups excluding carboxylic acids is 3. The van der Waals surface area contributed by atoms with Gasteiger partial charge in [-0.15, -0.1) is 0 Å². The number of aliphatic imine (C=N–C) groups is 1. The van der Waals surface area contributed by atoms with Crippen molar-refractivity contribution in [2.45, 2.75) is 24.5 Å². The van der Waals surface area contributed by atoms with Crippen LogP contribution in [0, 0.1) is 0 Å². The number of primary amides is 1. The predicted octanol–water partition coefficient (Wildman–Crippen LogP) is -1.62. The van der Waals surface area contributed by atoms with E-state index in [0.717, 1.165) is 5.06 Å². The summed E-state index contributed by atoms with van der Waals surface area (Å²) in [7, 11) is 1.36. The predicted molar refractivity (Wildman–Crippen MR) is 69.5 cm³/mol. The molecule has 2 saturated heterocycles. The van der Waals surface area contributed by atoms with Crippen molar-refractivity contribution in [3.8, 4) is 0 Å². The number of hydroxylamine groups is 3. The molecule has 0 saturated carbocycles. The molecule has 4 amide bonds. The van der Waals surface area contributed by atoms with Crippen LogP contribution in [-0.4, -0.2) is 66.5 Å². The number of rotatable bonds is 6. The molecule has 0 aliphatic carbocycles. The fourth-order valence-corrected chi connectivity index (χ4v) is 2.61. The minimum absolute atomic E-state index is 0.205. The fraction of sp³-hybridized carbons (Fsp3) is 0.636. The highest BCUT2D eigenvalue weighted by atomic mass is 16.7. The molecule has 2 fully saturated rings. The zero-order valence-electron chi connectivity index (χ0n) is 11.6. The molecule has 2 aliphatic rings. The molecule has 0 aromatic rings. The van der Waals surface area contributed by atoms with Gasteiger partial charge in [0.2, 0.25) is 5.91 Å². The number of carbonyl (C=O) groups is 3. The lowest BCUT2D eigenvalue weighted by Gasteiger charge is -2.35. The second kappa shape index (κ2) is 5.66. The van der Waals surface area contributed by atoms with Crippen molar-refractivity contribution < 1.29 is 24.1 Å². The summed E-state index contributed by atoms with van der Waals surface area (Å²) in [5.41, 5.74) is 6.14. The highest BCUT2D eigenvalue weighted by Crippen LogP contribution is 2.39. The smallest absolute Gasteiger partial charge is 0.347 e. The Morgan fingerprint density at radius 2 is 2.33 bits per heavy atom. The SMILES string of the molecule is C=N[C@@]12CC[C@@H](C(=O)NOCC(N)=O)N(C1)C(=O)N2OC. The van der Waals surface area contributed by atoms with Gasteiger partial charge in [-0.25, -0.2) is 10.3 Å². The Morgan fingerprint density at radius 3 is 2.90 bits per heavy atom. The molecule has 0 unspecified atom stereocenters. The van der Waals surface area contributed by atoms with Crippen molar-refractivity contribution in [2.24, 2.45) is 10.7 Å². The van der Waals surface area contributed by atoms with E-state index in [0.29, 0.717) is 12.8 Å². The Morgan fingerprint density at radius 1 is 1.62 bits per heavy atom. The van der Waals surface area contributed by atoms with Crippen LogP contribution < -0.4 is 11.2 Å². The zero-order valence-corrected chi connectivity index (χ0v) is 11.6. The van der Waals surface area contributed by atoms with E-state index in [9.17, 15) is 14.4 Å². The van der Waals surface area contributed by atoms with Crippen LogP contribution in [0.2, 0.25) is 0 Å². The maximum Gasteiger partial charge on any atom is 0.347 e. The van der Waals surface area contributed by atoms with Crippen molar-refractivity contribution in [2.75, 3.05) is 20.3 Å². The Kier molecular flexibility index (Phi) is 4.09. The van der Waals surface area contributed by atoms with E-state index in [1.807, 2.05) is 0 Å². The first kappa shape index (κ1) is 15.2. The molecule has 0 spiro atoms.